The number of likely N-dealkylation sites (N-methyl/N-ethyl adjacent to an activating group) is 1. The van der Waals surface area contributed by atoms with Crippen LogP contribution in [-0.4, -0.2) is 49.1 Å². The number of carbonyl (C=O) groups is 2. The van der Waals surface area contributed by atoms with E-state index in [1.54, 1.807) is 7.05 Å². The van der Waals surface area contributed by atoms with Crippen molar-refractivity contribution in [3.63, 3.8) is 0 Å². The maximum Gasteiger partial charge on any atom is 0.243 e. The molecule has 0 bridgehead atoms. The molecule has 27 heavy (non-hydrogen) atoms. The highest BCUT2D eigenvalue weighted by Gasteiger charge is 2.21. The minimum Gasteiger partial charge on any atom is -0.360 e. The molecule has 0 aromatic heterocycles. The van der Waals surface area contributed by atoms with E-state index in [4.69, 9.17) is 0 Å². The lowest BCUT2D eigenvalue weighted by Gasteiger charge is -2.31. The van der Waals surface area contributed by atoms with Crippen LogP contribution in [0.1, 0.15) is 12.5 Å². The first-order valence-corrected chi connectivity index (χ1v) is 10.2. The van der Waals surface area contributed by atoms with Gasteiger partial charge in [0.15, 0.2) is 0 Å². The van der Waals surface area contributed by atoms with Crippen molar-refractivity contribution in [2.24, 2.45) is 0 Å². The molecular formula is C21H25N3O2S. The van der Waals surface area contributed by atoms with Gasteiger partial charge in [0, 0.05) is 29.9 Å². The van der Waals surface area contributed by atoms with Crippen LogP contribution < -0.4 is 10.2 Å². The Labute approximate surface area is 164 Å². The van der Waals surface area contributed by atoms with Crippen molar-refractivity contribution in [2.75, 3.05) is 42.7 Å². The van der Waals surface area contributed by atoms with Crippen molar-refractivity contribution in [2.45, 2.75) is 18.2 Å². The molecular weight excluding hydrogens is 358 g/mol. The van der Waals surface area contributed by atoms with Crippen LogP contribution in [0, 0.1) is 0 Å². The first kappa shape index (κ1) is 19.3. The second-order valence-electron chi connectivity index (χ2n) is 6.55. The highest BCUT2D eigenvalue weighted by Crippen LogP contribution is 2.34. The molecule has 1 N–H and O–H groups in total. The molecule has 0 saturated heterocycles. The summed E-state index contributed by atoms with van der Waals surface area (Å²) in [4.78, 5) is 29.8. The van der Waals surface area contributed by atoms with Crippen LogP contribution in [0.2, 0.25) is 0 Å². The van der Waals surface area contributed by atoms with Crippen molar-refractivity contribution in [3.05, 3.63) is 54.1 Å². The van der Waals surface area contributed by atoms with Crippen molar-refractivity contribution >= 4 is 35.0 Å². The van der Waals surface area contributed by atoms with Gasteiger partial charge in [-0.25, -0.2) is 0 Å². The summed E-state index contributed by atoms with van der Waals surface area (Å²) >= 11 is 1.81. The summed E-state index contributed by atoms with van der Waals surface area (Å²) in [5.41, 5.74) is 2.99. The maximum absolute atomic E-state index is 12.6. The van der Waals surface area contributed by atoms with Gasteiger partial charge in [0.1, 0.15) is 0 Å². The zero-order valence-corrected chi connectivity index (χ0v) is 16.6. The normalized spacial score (nSPS) is 13.0. The van der Waals surface area contributed by atoms with Crippen LogP contribution in [0.3, 0.4) is 0 Å². The van der Waals surface area contributed by atoms with E-state index in [0.29, 0.717) is 0 Å². The lowest BCUT2D eigenvalue weighted by atomic mass is 10.1. The van der Waals surface area contributed by atoms with E-state index >= 15 is 0 Å². The summed E-state index contributed by atoms with van der Waals surface area (Å²) in [5.74, 6) is 0.722. The Kier molecular flexibility index (Phi) is 6.40. The third-order valence-corrected chi connectivity index (χ3v) is 5.67. The van der Waals surface area contributed by atoms with E-state index in [1.807, 2.05) is 54.2 Å². The lowest BCUT2D eigenvalue weighted by Crippen LogP contribution is -2.43. The summed E-state index contributed by atoms with van der Waals surface area (Å²) in [6, 6.07) is 15.9. The Morgan fingerprint density at radius 3 is 2.70 bits per heavy atom. The lowest BCUT2D eigenvalue weighted by molar-refractivity contribution is -0.132. The fourth-order valence-corrected chi connectivity index (χ4v) is 4.17. The monoisotopic (exact) mass is 383 g/mol. The van der Waals surface area contributed by atoms with E-state index in [1.165, 1.54) is 9.80 Å². The molecule has 0 unspecified atom stereocenters. The number of amides is 2. The summed E-state index contributed by atoms with van der Waals surface area (Å²) in [6.07, 6.45) is 0.845. The zero-order valence-electron chi connectivity index (χ0n) is 15.8. The second kappa shape index (κ2) is 8.95. The molecule has 6 heteroatoms. The van der Waals surface area contributed by atoms with Gasteiger partial charge < -0.3 is 15.1 Å². The van der Waals surface area contributed by atoms with Gasteiger partial charge >= 0.3 is 0 Å². The molecule has 0 aliphatic carbocycles. The number of para-hydroxylation sites is 2. The highest BCUT2D eigenvalue weighted by molar-refractivity contribution is 7.99. The molecule has 0 saturated carbocycles. The fraction of sp³-hybridized carbons (Fsp3) is 0.333. The maximum atomic E-state index is 12.6. The molecule has 0 radical (unpaired) electrons. The van der Waals surface area contributed by atoms with Crippen LogP contribution >= 0.6 is 11.8 Å². The average molecular weight is 384 g/mol. The van der Waals surface area contributed by atoms with Gasteiger partial charge in [-0.3, -0.25) is 9.59 Å². The van der Waals surface area contributed by atoms with Crippen molar-refractivity contribution < 1.29 is 9.59 Å². The predicted octanol–water partition coefficient (Wildman–Crippen LogP) is 3.26. The van der Waals surface area contributed by atoms with Gasteiger partial charge in [0.2, 0.25) is 11.8 Å². The largest absolute Gasteiger partial charge is 0.360 e. The van der Waals surface area contributed by atoms with Crippen molar-refractivity contribution in [1.29, 1.82) is 0 Å². The van der Waals surface area contributed by atoms with Crippen molar-refractivity contribution in [3.8, 4) is 0 Å². The second-order valence-corrected chi connectivity index (χ2v) is 7.68. The van der Waals surface area contributed by atoms with Gasteiger partial charge in [0.05, 0.1) is 18.8 Å². The fourth-order valence-electron chi connectivity index (χ4n) is 3.12. The predicted molar refractivity (Wildman–Crippen MR) is 111 cm³/mol. The number of rotatable bonds is 6. The third kappa shape index (κ3) is 4.83. The SMILES string of the molecule is CCc1ccccc1NC(=O)CN(C)C(=O)CN1CCSc2ccccc21. The Hall–Kier alpha value is -2.47. The number of hydrogen-bond donors (Lipinski definition) is 1. The number of nitrogens with zero attached hydrogens (tertiary/aromatic N) is 2. The summed E-state index contributed by atoms with van der Waals surface area (Å²) in [6.45, 7) is 3.21. The quantitative estimate of drug-likeness (QED) is 0.832. The Bertz CT molecular complexity index is 825. The number of aryl methyl sites for hydroxylation is 1. The first-order chi connectivity index (χ1) is 13.1. The molecule has 0 spiro atoms. The summed E-state index contributed by atoms with van der Waals surface area (Å²) in [5, 5.41) is 2.92. The van der Waals surface area contributed by atoms with E-state index in [0.717, 1.165) is 35.7 Å². The van der Waals surface area contributed by atoms with Gasteiger partial charge in [-0.1, -0.05) is 37.3 Å². The highest BCUT2D eigenvalue weighted by atomic mass is 32.2. The Morgan fingerprint density at radius 2 is 1.89 bits per heavy atom. The van der Waals surface area contributed by atoms with Gasteiger partial charge in [-0.15, -0.1) is 11.8 Å². The van der Waals surface area contributed by atoms with Crippen LogP contribution in [0.25, 0.3) is 0 Å². The van der Waals surface area contributed by atoms with Crippen molar-refractivity contribution in [1.82, 2.24) is 4.90 Å². The summed E-state index contributed by atoms with van der Waals surface area (Å²) in [7, 11) is 1.68. The smallest absolute Gasteiger partial charge is 0.243 e. The standard InChI is InChI=1S/C21H25N3O2S/c1-3-16-8-4-5-9-17(16)22-20(25)14-23(2)21(26)15-24-12-13-27-19-11-7-6-10-18(19)24/h4-11H,3,12-15H2,1-2H3,(H,22,25). The number of hydrogen-bond acceptors (Lipinski definition) is 4. The molecule has 5 nitrogen and oxygen atoms in total. The van der Waals surface area contributed by atoms with Crippen LogP contribution in [0.5, 0.6) is 0 Å². The van der Waals surface area contributed by atoms with Gasteiger partial charge in [0.25, 0.3) is 0 Å². The zero-order chi connectivity index (χ0) is 19.2. The first-order valence-electron chi connectivity index (χ1n) is 9.17. The molecule has 1 aliphatic rings. The summed E-state index contributed by atoms with van der Waals surface area (Å²) < 4.78 is 0. The number of fused-ring (bicyclic) bond motifs is 1. The molecule has 3 rings (SSSR count). The minimum absolute atomic E-state index is 0.0428. The molecule has 2 aromatic rings. The Morgan fingerprint density at radius 1 is 1.15 bits per heavy atom. The number of thioether (sulfide) groups is 1. The molecule has 2 amide bonds. The molecule has 0 atom stereocenters. The molecule has 142 valence electrons. The molecule has 1 aliphatic heterocycles. The minimum atomic E-state index is -0.179. The molecule has 2 aromatic carbocycles. The number of benzene rings is 2. The average Bonchev–Trinajstić information content (AvgIpc) is 2.68. The van der Waals surface area contributed by atoms with Gasteiger partial charge in [-0.05, 0) is 30.2 Å². The van der Waals surface area contributed by atoms with Crippen LogP contribution in [0.4, 0.5) is 11.4 Å². The topological polar surface area (TPSA) is 52.7 Å². The van der Waals surface area contributed by atoms with Crippen LogP contribution in [0.15, 0.2) is 53.4 Å². The molecule has 1 heterocycles. The van der Waals surface area contributed by atoms with Gasteiger partial charge in [-0.2, -0.15) is 0 Å². The number of nitrogens with one attached hydrogen (secondary N) is 1. The Balaban J connectivity index is 1.57. The number of carbonyl (C=O) groups excluding carboxylic acids is 2. The molecule has 0 fully saturated rings. The van der Waals surface area contributed by atoms with E-state index in [-0.39, 0.29) is 24.9 Å². The third-order valence-electron chi connectivity index (χ3n) is 4.63. The van der Waals surface area contributed by atoms with E-state index in [2.05, 4.69) is 23.2 Å². The van der Waals surface area contributed by atoms with E-state index in [9.17, 15) is 9.59 Å². The van der Waals surface area contributed by atoms with Crippen LogP contribution in [-0.2, 0) is 16.0 Å². The van der Waals surface area contributed by atoms with E-state index < -0.39 is 0 Å². The number of anilines is 2.